The summed E-state index contributed by atoms with van der Waals surface area (Å²) in [7, 11) is 0. The average Bonchev–Trinajstić information content (AvgIpc) is 3.34. The van der Waals surface area contributed by atoms with Crippen molar-refractivity contribution < 1.29 is 44.2 Å². The van der Waals surface area contributed by atoms with Crippen molar-refractivity contribution in [3.05, 3.63) is 11.6 Å². The molecule has 9 nitrogen and oxygen atoms in total. The summed E-state index contributed by atoms with van der Waals surface area (Å²) in [6, 6.07) is 0. The Hall–Kier alpha value is -1.07. The summed E-state index contributed by atoms with van der Waals surface area (Å²) in [5, 5.41) is 41.2. The van der Waals surface area contributed by atoms with Crippen LogP contribution in [0, 0.1) is 0 Å². The van der Waals surface area contributed by atoms with E-state index in [0.717, 1.165) is 51.4 Å². The number of cyclic esters (lactones) is 1. The van der Waals surface area contributed by atoms with E-state index in [1.165, 1.54) is 77.0 Å². The maximum absolute atomic E-state index is 11.7. The number of aliphatic hydroxyl groups is 4. The van der Waals surface area contributed by atoms with Crippen LogP contribution in [-0.4, -0.2) is 89.1 Å². The number of esters is 1. The highest BCUT2D eigenvalue weighted by molar-refractivity contribution is 5.90. The molecule has 0 bridgehead atoms. The van der Waals surface area contributed by atoms with Crippen LogP contribution in [0.1, 0.15) is 149 Å². The van der Waals surface area contributed by atoms with Gasteiger partial charge in [-0.3, -0.25) is 0 Å². The largest absolute Gasteiger partial charge is 0.455 e. The van der Waals surface area contributed by atoms with Crippen LogP contribution in [0.25, 0.3) is 0 Å². The summed E-state index contributed by atoms with van der Waals surface area (Å²) in [5.41, 5.74) is 0.606. The van der Waals surface area contributed by atoms with Gasteiger partial charge in [-0.15, -0.1) is 0 Å². The van der Waals surface area contributed by atoms with E-state index in [9.17, 15) is 25.2 Å². The zero-order valence-corrected chi connectivity index (χ0v) is 28.4. The molecule has 264 valence electrons. The third-order valence-electron chi connectivity index (χ3n) is 9.04. The molecule has 0 radical (unpaired) electrons. The Balaban J connectivity index is 1.45. The highest BCUT2D eigenvalue weighted by Gasteiger charge is 2.45. The second-order valence-electron chi connectivity index (χ2n) is 13.2. The Morgan fingerprint density at radius 1 is 0.756 bits per heavy atom. The lowest BCUT2D eigenvalue weighted by Crippen LogP contribution is -2.60. The molecule has 0 amide bonds. The lowest BCUT2D eigenvalue weighted by atomic mass is 9.99. The minimum Gasteiger partial charge on any atom is -0.455 e. The fourth-order valence-electron chi connectivity index (χ4n) is 6.25. The van der Waals surface area contributed by atoms with Gasteiger partial charge in [0.2, 0.25) is 0 Å². The van der Waals surface area contributed by atoms with Crippen LogP contribution in [0.3, 0.4) is 0 Å². The molecular weight excluding hydrogens is 576 g/mol. The summed E-state index contributed by atoms with van der Waals surface area (Å²) >= 11 is 0. The Morgan fingerprint density at radius 3 is 1.78 bits per heavy atom. The topological polar surface area (TPSA) is 135 Å². The average molecular weight is 643 g/mol. The van der Waals surface area contributed by atoms with Gasteiger partial charge in [0.25, 0.3) is 0 Å². The molecule has 7 atom stereocenters. The fraction of sp³-hybridized carbons (Fsp3) is 0.917. The van der Waals surface area contributed by atoms with Gasteiger partial charge in [-0.1, -0.05) is 116 Å². The number of rotatable bonds is 28. The summed E-state index contributed by atoms with van der Waals surface area (Å²) < 4.78 is 22.5. The number of ether oxygens (including phenoxy) is 4. The van der Waals surface area contributed by atoms with Gasteiger partial charge in [0, 0.05) is 25.2 Å². The second kappa shape index (κ2) is 25.0. The van der Waals surface area contributed by atoms with E-state index in [1.807, 2.05) is 6.92 Å². The number of aliphatic hydroxyl groups excluding tert-OH is 4. The normalized spacial score (nSPS) is 25.8. The molecule has 0 aliphatic carbocycles. The van der Waals surface area contributed by atoms with Gasteiger partial charge in [0.15, 0.2) is 6.29 Å². The van der Waals surface area contributed by atoms with E-state index in [4.69, 9.17) is 18.9 Å². The van der Waals surface area contributed by atoms with E-state index in [1.54, 1.807) is 6.08 Å². The van der Waals surface area contributed by atoms with Crippen LogP contribution in [0.4, 0.5) is 0 Å². The van der Waals surface area contributed by atoms with E-state index < -0.39 is 36.8 Å². The highest BCUT2D eigenvalue weighted by Crippen LogP contribution is 2.25. The molecule has 45 heavy (non-hydrogen) atoms. The Bertz CT molecular complexity index is 776. The van der Waals surface area contributed by atoms with Crippen LogP contribution >= 0.6 is 0 Å². The van der Waals surface area contributed by atoms with Gasteiger partial charge in [-0.05, 0) is 32.3 Å². The summed E-state index contributed by atoms with van der Waals surface area (Å²) in [6.07, 6.45) is 19.4. The van der Waals surface area contributed by atoms with Crippen LogP contribution in [0.2, 0.25) is 0 Å². The Labute approximate surface area is 273 Å². The number of unbranched alkanes of at least 4 members (excludes halogenated alkanes) is 17. The first-order valence-electron chi connectivity index (χ1n) is 18.3. The van der Waals surface area contributed by atoms with Gasteiger partial charge < -0.3 is 39.4 Å². The fourth-order valence-corrected chi connectivity index (χ4v) is 6.25. The molecule has 2 rings (SSSR count). The number of hydrogen-bond donors (Lipinski definition) is 4. The predicted octanol–water partition coefficient (Wildman–Crippen LogP) is 6.27. The van der Waals surface area contributed by atoms with Crippen molar-refractivity contribution in [1.29, 1.82) is 0 Å². The maximum Gasteiger partial charge on any atom is 0.334 e. The van der Waals surface area contributed by atoms with Gasteiger partial charge in [-0.25, -0.2) is 4.79 Å². The molecule has 2 aliphatic rings. The predicted molar refractivity (Wildman–Crippen MR) is 176 cm³/mol. The van der Waals surface area contributed by atoms with Gasteiger partial charge in [0.05, 0.1) is 12.7 Å². The number of carbonyl (C=O) groups is 1. The van der Waals surface area contributed by atoms with Crippen LogP contribution in [-0.2, 0) is 23.7 Å². The van der Waals surface area contributed by atoms with Crippen molar-refractivity contribution in [3.63, 3.8) is 0 Å². The molecule has 1 saturated heterocycles. The molecule has 2 aliphatic heterocycles. The van der Waals surface area contributed by atoms with Crippen molar-refractivity contribution in [1.82, 2.24) is 0 Å². The Morgan fingerprint density at radius 2 is 1.27 bits per heavy atom. The number of carbonyl (C=O) groups excluding carboxylic acids is 1. The maximum atomic E-state index is 11.7. The second-order valence-corrected chi connectivity index (χ2v) is 13.2. The quantitative estimate of drug-likeness (QED) is 0.0575. The van der Waals surface area contributed by atoms with E-state index >= 15 is 0 Å². The van der Waals surface area contributed by atoms with Crippen LogP contribution < -0.4 is 0 Å². The van der Waals surface area contributed by atoms with Gasteiger partial charge >= 0.3 is 5.97 Å². The molecular formula is C36H66O9. The van der Waals surface area contributed by atoms with Gasteiger partial charge in [0.1, 0.15) is 30.5 Å². The first-order chi connectivity index (χ1) is 21.9. The summed E-state index contributed by atoms with van der Waals surface area (Å²) in [4.78, 5) is 11.7. The lowest BCUT2D eigenvalue weighted by molar-refractivity contribution is -0.307. The van der Waals surface area contributed by atoms with Crippen molar-refractivity contribution in [3.8, 4) is 0 Å². The minimum absolute atomic E-state index is 0.179. The molecule has 2 heterocycles. The molecule has 0 aromatic heterocycles. The van der Waals surface area contributed by atoms with Crippen LogP contribution in [0.5, 0.6) is 0 Å². The number of hydrogen-bond acceptors (Lipinski definition) is 9. The minimum atomic E-state index is -1.10. The van der Waals surface area contributed by atoms with Crippen LogP contribution in [0.15, 0.2) is 11.6 Å². The zero-order chi connectivity index (χ0) is 32.7. The van der Waals surface area contributed by atoms with E-state index in [2.05, 4.69) is 6.92 Å². The SMILES string of the molecule is CCCCCCCCCCCO[C@H]1[C@@H](O)[C@@H](CO)O[C@H](OCCCCCCCCCCCC[C@@H](O)CC2=C[C@H](C)OC2=O)[C@@H]1O. The molecule has 0 spiro atoms. The van der Waals surface area contributed by atoms with Gasteiger partial charge in [-0.2, -0.15) is 0 Å². The smallest absolute Gasteiger partial charge is 0.334 e. The zero-order valence-electron chi connectivity index (χ0n) is 28.4. The van der Waals surface area contributed by atoms with E-state index in [-0.39, 0.29) is 18.7 Å². The van der Waals surface area contributed by atoms with Crippen molar-refractivity contribution in [2.24, 2.45) is 0 Å². The highest BCUT2D eigenvalue weighted by atomic mass is 16.7. The molecule has 0 aromatic rings. The van der Waals surface area contributed by atoms with E-state index in [0.29, 0.717) is 25.2 Å². The molecule has 1 fully saturated rings. The third-order valence-corrected chi connectivity index (χ3v) is 9.04. The summed E-state index contributed by atoms with van der Waals surface area (Å²) in [6.45, 7) is 4.61. The standard InChI is InChI=1S/C36H66O9/c1-3-4-5-6-7-11-14-17-20-23-42-34-32(39)31(27-37)45-36(33(34)40)43-24-21-18-15-12-9-8-10-13-16-19-22-30(38)26-29-25-28(2)44-35(29)41/h25,28,30-34,36-40H,3-24,26-27H2,1-2H3/t28-,30+,31+,32-,33+,34-,36-/m0/s1. The van der Waals surface area contributed by atoms with Crippen molar-refractivity contribution in [2.45, 2.75) is 192 Å². The molecule has 0 saturated carbocycles. The first-order valence-corrected chi connectivity index (χ1v) is 18.3. The first kappa shape index (κ1) is 40.1. The summed E-state index contributed by atoms with van der Waals surface area (Å²) in [5.74, 6) is -0.290. The monoisotopic (exact) mass is 642 g/mol. The molecule has 9 heteroatoms. The molecule has 4 N–H and O–H groups in total. The lowest BCUT2D eigenvalue weighted by Gasteiger charge is -2.41. The van der Waals surface area contributed by atoms with Crippen molar-refractivity contribution in [2.75, 3.05) is 19.8 Å². The molecule has 0 unspecified atom stereocenters. The molecule has 0 aromatic carbocycles. The van der Waals surface area contributed by atoms with Crippen molar-refractivity contribution >= 4 is 5.97 Å². The third kappa shape index (κ3) is 17.1. The Kier molecular flexibility index (Phi) is 22.3.